The molecule has 2 amide bonds. The number of carbonyl (C=O) groups excluding carboxylic acids is 2. The Hall–Kier alpha value is -1.52. The zero-order chi connectivity index (χ0) is 13.5. The summed E-state index contributed by atoms with van der Waals surface area (Å²) in [7, 11) is 0. The predicted octanol–water partition coefficient (Wildman–Crippen LogP) is 2.37. The number of aliphatic hydroxyl groups is 1. The zero-order valence-corrected chi connectivity index (χ0v) is 11.0. The zero-order valence-electron chi connectivity index (χ0n) is 11.0. The average molecular weight is 253 g/mol. The van der Waals surface area contributed by atoms with Crippen molar-refractivity contribution in [3.63, 3.8) is 0 Å². The van der Waals surface area contributed by atoms with E-state index in [-0.39, 0.29) is 5.76 Å². The number of hydrogen-bond acceptors (Lipinski definition) is 4. The molecule has 0 aromatic heterocycles. The first-order valence-corrected chi connectivity index (χ1v) is 6.24. The molecule has 1 N–H and O–H groups in total. The molecule has 0 saturated heterocycles. The number of carbonyl (C=O) groups is 2. The summed E-state index contributed by atoms with van der Waals surface area (Å²) in [6, 6.07) is -0.542. The normalized spacial score (nSPS) is 24.2. The van der Waals surface area contributed by atoms with Crippen molar-refractivity contribution in [2.24, 2.45) is 5.92 Å². The molecule has 2 aliphatic rings. The van der Waals surface area contributed by atoms with Crippen LogP contribution in [0.3, 0.4) is 0 Å². The molecule has 100 valence electrons. The van der Waals surface area contributed by atoms with E-state index in [9.17, 15) is 14.7 Å². The largest absolute Gasteiger partial charge is 0.510 e. The highest BCUT2D eigenvalue weighted by molar-refractivity contribution is 6.02. The maximum absolute atomic E-state index is 12.0. The standard InChI is InChI=1S/C13H19NO4/c1-13(2,3)18-12(17)14-9(6-8-4-5-8)10(15)7-11(14)16/h7-9,15H,4-6H2,1-3H3/t9-/m1/s1. The van der Waals surface area contributed by atoms with E-state index in [0.717, 1.165) is 23.8 Å². The van der Waals surface area contributed by atoms with Gasteiger partial charge in [-0.1, -0.05) is 12.8 Å². The number of hydrogen-bond donors (Lipinski definition) is 1. The van der Waals surface area contributed by atoms with Gasteiger partial charge in [-0.05, 0) is 33.1 Å². The smallest absolute Gasteiger partial charge is 0.418 e. The van der Waals surface area contributed by atoms with E-state index in [1.807, 2.05) is 0 Å². The van der Waals surface area contributed by atoms with Gasteiger partial charge in [-0.25, -0.2) is 9.69 Å². The van der Waals surface area contributed by atoms with Crippen molar-refractivity contribution in [3.05, 3.63) is 11.8 Å². The van der Waals surface area contributed by atoms with Crippen molar-refractivity contribution in [3.8, 4) is 0 Å². The summed E-state index contributed by atoms with van der Waals surface area (Å²) in [5.74, 6) is -0.0217. The summed E-state index contributed by atoms with van der Waals surface area (Å²) in [5, 5.41) is 9.74. The van der Waals surface area contributed by atoms with Crippen LogP contribution in [-0.2, 0) is 9.53 Å². The summed E-state index contributed by atoms with van der Waals surface area (Å²) in [4.78, 5) is 24.7. The van der Waals surface area contributed by atoms with E-state index in [0.29, 0.717) is 12.3 Å². The van der Waals surface area contributed by atoms with Gasteiger partial charge in [0.15, 0.2) is 0 Å². The summed E-state index contributed by atoms with van der Waals surface area (Å²) in [6.07, 6.45) is 3.25. The topological polar surface area (TPSA) is 66.8 Å². The van der Waals surface area contributed by atoms with Crippen LogP contribution in [-0.4, -0.2) is 33.6 Å². The molecule has 1 fully saturated rings. The van der Waals surface area contributed by atoms with Crippen LogP contribution in [0.4, 0.5) is 4.79 Å². The number of imide groups is 1. The number of ether oxygens (including phenoxy) is 1. The Labute approximate surface area is 106 Å². The molecule has 2 rings (SSSR count). The van der Waals surface area contributed by atoms with Crippen LogP contribution in [0.5, 0.6) is 0 Å². The van der Waals surface area contributed by atoms with Crippen molar-refractivity contribution in [2.75, 3.05) is 0 Å². The Bertz CT molecular complexity index is 404. The molecule has 1 heterocycles. The highest BCUT2D eigenvalue weighted by Crippen LogP contribution is 2.37. The van der Waals surface area contributed by atoms with Gasteiger partial charge in [-0.15, -0.1) is 0 Å². The van der Waals surface area contributed by atoms with Crippen LogP contribution < -0.4 is 0 Å². The van der Waals surface area contributed by atoms with E-state index in [4.69, 9.17) is 4.74 Å². The first kappa shape index (κ1) is 12.9. The predicted molar refractivity (Wildman–Crippen MR) is 64.9 cm³/mol. The minimum absolute atomic E-state index is 0.0299. The van der Waals surface area contributed by atoms with Gasteiger partial charge in [0.1, 0.15) is 17.4 Å². The molecule has 0 radical (unpaired) electrons. The Morgan fingerprint density at radius 1 is 1.50 bits per heavy atom. The molecule has 0 unspecified atom stereocenters. The van der Waals surface area contributed by atoms with Crippen LogP contribution in [0.15, 0.2) is 11.8 Å². The molecular weight excluding hydrogens is 234 g/mol. The van der Waals surface area contributed by atoms with Crippen molar-refractivity contribution in [1.29, 1.82) is 0 Å². The first-order chi connectivity index (χ1) is 8.28. The van der Waals surface area contributed by atoms with Crippen molar-refractivity contribution in [2.45, 2.75) is 51.7 Å². The van der Waals surface area contributed by atoms with Crippen molar-refractivity contribution >= 4 is 12.0 Å². The van der Waals surface area contributed by atoms with Crippen LogP contribution in [0.2, 0.25) is 0 Å². The number of nitrogens with zero attached hydrogens (tertiary/aromatic N) is 1. The molecule has 0 aromatic rings. The lowest BCUT2D eigenvalue weighted by Crippen LogP contribution is -2.43. The molecule has 1 atom stereocenters. The lowest BCUT2D eigenvalue weighted by atomic mass is 10.1. The Morgan fingerprint density at radius 3 is 2.61 bits per heavy atom. The minimum atomic E-state index is -0.682. The molecule has 0 bridgehead atoms. The van der Waals surface area contributed by atoms with Crippen molar-refractivity contribution < 1.29 is 19.4 Å². The van der Waals surface area contributed by atoms with Gasteiger partial charge in [0.25, 0.3) is 5.91 Å². The second-order valence-corrected chi connectivity index (χ2v) is 5.95. The average Bonchev–Trinajstić information content (AvgIpc) is 2.92. The van der Waals surface area contributed by atoms with E-state index >= 15 is 0 Å². The molecule has 1 saturated carbocycles. The third kappa shape index (κ3) is 2.83. The molecule has 5 nitrogen and oxygen atoms in total. The molecule has 18 heavy (non-hydrogen) atoms. The first-order valence-electron chi connectivity index (χ1n) is 6.24. The van der Waals surface area contributed by atoms with Crippen LogP contribution in [0, 0.1) is 5.92 Å². The van der Waals surface area contributed by atoms with Gasteiger partial charge in [0.2, 0.25) is 0 Å². The molecular formula is C13H19NO4. The van der Waals surface area contributed by atoms with Gasteiger partial charge in [-0.3, -0.25) is 4.79 Å². The quantitative estimate of drug-likeness (QED) is 0.820. The van der Waals surface area contributed by atoms with E-state index < -0.39 is 23.6 Å². The number of rotatable bonds is 2. The summed E-state index contributed by atoms with van der Waals surface area (Å²) in [5.41, 5.74) is -0.653. The van der Waals surface area contributed by atoms with Crippen LogP contribution in [0.1, 0.15) is 40.0 Å². The highest BCUT2D eigenvalue weighted by Gasteiger charge is 2.42. The summed E-state index contributed by atoms with van der Waals surface area (Å²) in [6.45, 7) is 5.23. The maximum Gasteiger partial charge on any atom is 0.418 e. The summed E-state index contributed by atoms with van der Waals surface area (Å²) < 4.78 is 5.19. The van der Waals surface area contributed by atoms with Crippen molar-refractivity contribution in [1.82, 2.24) is 4.90 Å². The van der Waals surface area contributed by atoms with E-state index in [1.54, 1.807) is 20.8 Å². The molecule has 0 aromatic carbocycles. The fourth-order valence-corrected chi connectivity index (χ4v) is 2.00. The van der Waals surface area contributed by atoms with Crippen LogP contribution >= 0.6 is 0 Å². The number of aliphatic hydroxyl groups excluding tert-OH is 1. The Balaban J connectivity index is 2.08. The Morgan fingerprint density at radius 2 is 2.11 bits per heavy atom. The second-order valence-electron chi connectivity index (χ2n) is 5.95. The van der Waals surface area contributed by atoms with E-state index in [2.05, 4.69) is 0 Å². The molecule has 5 heteroatoms. The second kappa shape index (κ2) is 4.30. The highest BCUT2D eigenvalue weighted by atomic mass is 16.6. The Kier molecular flexibility index (Phi) is 3.09. The monoisotopic (exact) mass is 253 g/mol. The van der Waals surface area contributed by atoms with Gasteiger partial charge in [-0.2, -0.15) is 0 Å². The maximum atomic E-state index is 12.0. The van der Waals surface area contributed by atoms with E-state index in [1.165, 1.54) is 0 Å². The SMILES string of the molecule is CC(C)(C)OC(=O)N1C(=O)C=C(O)[C@H]1CC1CC1. The van der Waals surface area contributed by atoms with Gasteiger partial charge < -0.3 is 9.84 Å². The third-order valence-corrected chi connectivity index (χ3v) is 3.01. The fraction of sp³-hybridized carbons (Fsp3) is 0.692. The van der Waals surface area contributed by atoms with Gasteiger partial charge in [0, 0.05) is 6.08 Å². The van der Waals surface area contributed by atoms with Gasteiger partial charge >= 0.3 is 6.09 Å². The molecule has 0 spiro atoms. The lowest BCUT2D eigenvalue weighted by molar-refractivity contribution is -0.125. The lowest BCUT2D eigenvalue weighted by Gasteiger charge is -2.27. The van der Waals surface area contributed by atoms with Gasteiger partial charge in [0.05, 0.1) is 0 Å². The summed E-state index contributed by atoms with van der Waals surface area (Å²) >= 11 is 0. The van der Waals surface area contributed by atoms with Crippen LogP contribution in [0.25, 0.3) is 0 Å². The molecule has 1 aliphatic heterocycles. The fourth-order valence-electron chi connectivity index (χ4n) is 2.00. The molecule has 1 aliphatic carbocycles. The third-order valence-electron chi connectivity index (χ3n) is 3.01. The minimum Gasteiger partial charge on any atom is -0.510 e. The number of amides is 2.